The van der Waals surface area contributed by atoms with Gasteiger partial charge in [-0.05, 0) is 78.9 Å². The van der Waals surface area contributed by atoms with E-state index in [1.807, 2.05) is 81.4 Å². The molecule has 5 heteroatoms. The Morgan fingerprint density at radius 3 is 2.43 bits per heavy atom. The first-order valence-electron chi connectivity index (χ1n) is 9.80. The molecule has 0 aliphatic rings. The Morgan fingerprint density at radius 2 is 1.70 bits per heavy atom. The van der Waals surface area contributed by atoms with Crippen molar-refractivity contribution in [3.05, 3.63) is 94.5 Å². The van der Waals surface area contributed by atoms with Crippen molar-refractivity contribution in [1.29, 1.82) is 0 Å². The normalized spacial score (nSPS) is 10.8. The lowest BCUT2D eigenvalue weighted by Gasteiger charge is -2.11. The molecule has 3 rings (SSSR count). The van der Waals surface area contributed by atoms with Crippen molar-refractivity contribution in [1.82, 2.24) is 5.43 Å². The number of aryl methyl sites for hydroxylation is 2. The predicted octanol–water partition coefficient (Wildman–Crippen LogP) is 4.72. The van der Waals surface area contributed by atoms with E-state index in [9.17, 15) is 4.79 Å². The minimum absolute atomic E-state index is 0.0899. The van der Waals surface area contributed by atoms with Crippen LogP contribution < -0.4 is 14.9 Å². The first kappa shape index (κ1) is 21.1. The third-order valence-corrected chi connectivity index (χ3v) is 4.65. The molecule has 1 N–H and O–H groups in total. The molecule has 0 heterocycles. The summed E-state index contributed by atoms with van der Waals surface area (Å²) < 4.78 is 11.4. The van der Waals surface area contributed by atoms with Gasteiger partial charge < -0.3 is 9.47 Å². The first-order valence-corrected chi connectivity index (χ1v) is 9.80. The number of carbonyl (C=O) groups excluding carboxylic acids is 1. The molecule has 1 amide bonds. The average Bonchev–Trinajstić information content (AvgIpc) is 2.75. The number of nitrogens with one attached hydrogen (secondary N) is 1. The van der Waals surface area contributed by atoms with Crippen molar-refractivity contribution in [3.8, 4) is 11.5 Å². The molecule has 5 nitrogen and oxygen atoms in total. The lowest BCUT2D eigenvalue weighted by Crippen LogP contribution is -2.24. The summed E-state index contributed by atoms with van der Waals surface area (Å²) in [6.45, 7) is 6.43. The quantitative estimate of drug-likeness (QED) is 0.438. The molecule has 0 aliphatic carbocycles. The number of nitrogens with zero attached hydrogens (tertiary/aromatic N) is 1. The van der Waals surface area contributed by atoms with Gasteiger partial charge in [0.2, 0.25) is 0 Å². The summed E-state index contributed by atoms with van der Waals surface area (Å²) in [5, 5.41) is 3.99. The van der Waals surface area contributed by atoms with E-state index in [2.05, 4.69) is 16.6 Å². The fraction of sp³-hybridized carbons (Fsp3) is 0.200. The van der Waals surface area contributed by atoms with Crippen molar-refractivity contribution in [3.63, 3.8) is 0 Å². The zero-order valence-electron chi connectivity index (χ0n) is 17.5. The number of benzene rings is 3. The van der Waals surface area contributed by atoms with Gasteiger partial charge in [0.05, 0.1) is 6.21 Å². The van der Waals surface area contributed by atoms with Gasteiger partial charge in [-0.15, -0.1) is 0 Å². The van der Waals surface area contributed by atoms with Crippen LogP contribution in [0.4, 0.5) is 0 Å². The lowest BCUT2D eigenvalue weighted by atomic mass is 10.1. The second-order valence-corrected chi connectivity index (χ2v) is 7.13. The van der Waals surface area contributed by atoms with Crippen LogP contribution in [-0.2, 0) is 11.4 Å². The van der Waals surface area contributed by atoms with E-state index < -0.39 is 0 Å². The zero-order valence-corrected chi connectivity index (χ0v) is 17.5. The minimum atomic E-state index is -0.312. The van der Waals surface area contributed by atoms with Gasteiger partial charge >= 0.3 is 0 Å². The summed E-state index contributed by atoms with van der Waals surface area (Å²) in [5.74, 6) is 1.18. The maximum atomic E-state index is 12.0. The van der Waals surface area contributed by atoms with Crippen molar-refractivity contribution in [2.24, 2.45) is 5.10 Å². The number of hydrogen-bond acceptors (Lipinski definition) is 4. The molecule has 30 heavy (non-hydrogen) atoms. The van der Waals surface area contributed by atoms with Gasteiger partial charge in [0.25, 0.3) is 5.91 Å². The number of ether oxygens (including phenoxy) is 2. The topological polar surface area (TPSA) is 59.9 Å². The van der Waals surface area contributed by atoms with E-state index in [4.69, 9.17) is 9.47 Å². The number of carbonyl (C=O) groups is 1. The monoisotopic (exact) mass is 402 g/mol. The highest BCUT2D eigenvalue weighted by Crippen LogP contribution is 2.23. The Morgan fingerprint density at radius 1 is 0.967 bits per heavy atom. The summed E-state index contributed by atoms with van der Waals surface area (Å²) in [6, 6.07) is 21.5. The van der Waals surface area contributed by atoms with Gasteiger partial charge in [0.15, 0.2) is 6.61 Å². The van der Waals surface area contributed by atoms with Gasteiger partial charge in [0.1, 0.15) is 18.1 Å². The maximum Gasteiger partial charge on any atom is 0.277 e. The molecule has 0 saturated carbocycles. The minimum Gasteiger partial charge on any atom is -0.489 e. The smallest absolute Gasteiger partial charge is 0.277 e. The highest BCUT2D eigenvalue weighted by atomic mass is 16.5. The van der Waals surface area contributed by atoms with Gasteiger partial charge in [-0.25, -0.2) is 5.43 Å². The Bertz CT molecular complexity index is 1010. The SMILES string of the molecule is Cc1cc(C)c(C)c(OCC(=O)N/N=C/c2ccc(OCc3ccccc3)cc2)c1. The van der Waals surface area contributed by atoms with Crippen molar-refractivity contribution >= 4 is 12.1 Å². The average molecular weight is 402 g/mol. The van der Waals surface area contributed by atoms with E-state index in [0.717, 1.165) is 39.3 Å². The molecule has 0 radical (unpaired) electrons. The molecule has 0 saturated heterocycles. The van der Waals surface area contributed by atoms with Crippen LogP contribution in [-0.4, -0.2) is 18.7 Å². The Balaban J connectivity index is 1.45. The number of amides is 1. The molecular weight excluding hydrogens is 376 g/mol. The fourth-order valence-corrected chi connectivity index (χ4v) is 2.90. The maximum absolute atomic E-state index is 12.0. The van der Waals surface area contributed by atoms with Crippen LogP contribution in [0.25, 0.3) is 0 Å². The number of hydrazone groups is 1. The summed E-state index contributed by atoms with van der Waals surface area (Å²) >= 11 is 0. The van der Waals surface area contributed by atoms with E-state index in [1.165, 1.54) is 0 Å². The van der Waals surface area contributed by atoms with E-state index in [-0.39, 0.29) is 12.5 Å². The van der Waals surface area contributed by atoms with E-state index in [1.54, 1.807) is 6.21 Å². The van der Waals surface area contributed by atoms with Gasteiger partial charge in [-0.3, -0.25) is 4.79 Å². The van der Waals surface area contributed by atoms with Crippen LogP contribution >= 0.6 is 0 Å². The Kier molecular flexibility index (Phi) is 7.22. The van der Waals surface area contributed by atoms with Crippen molar-refractivity contribution < 1.29 is 14.3 Å². The zero-order chi connectivity index (χ0) is 21.3. The third kappa shape index (κ3) is 6.21. The molecular formula is C25H26N2O3. The standard InChI is InChI=1S/C25H26N2O3/c1-18-13-19(2)20(3)24(14-18)30-17-25(28)27-26-15-21-9-11-23(12-10-21)29-16-22-7-5-4-6-8-22/h4-15H,16-17H2,1-3H3,(H,27,28)/b26-15+. The molecule has 0 aromatic heterocycles. The summed E-state index contributed by atoms with van der Waals surface area (Å²) in [6.07, 6.45) is 1.58. The molecule has 0 unspecified atom stereocenters. The van der Waals surface area contributed by atoms with E-state index in [0.29, 0.717) is 6.61 Å². The Hall–Kier alpha value is -3.60. The van der Waals surface area contributed by atoms with Crippen LogP contribution in [0.1, 0.15) is 27.8 Å². The van der Waals surface area contributed by atoms with Gasteiger partial charge in [-0.2, -0.15) is 5.10 Å². The van der Waals surface area contributed by atoms with Crippen LogP contribution in [0.3, 0.4) is 0 Å². The summed E-state index contributed by atoms with van der Waals surface area (Å²) in [4.78, 5) is 12.0. The fourth-order valence-electron chi connectivity index (χ4n) is 2.90. The molecule has 0 bridgehead atoms. The summed E-state index contributed by atoms with van der Waals surface area (Å²) in [5.41, 5.74) is 7.73. The molecule has 0 aliphatic heterocycles. The summed E-state index contributed by atoms with van der Waals surface area (Å²) in [7, 11) is 0. The van der Waals surface area contributed by atoms with E-state index >= 15 is 0 Å². The first-order chi connectivity index (χ1) is 14.5. The molecule has 0 spiro atoms. The second-order valence-electron chi connectivity index (χ2n) is 7.13. The third-order valence-electron chi connectivity index (χ3n) is 4.65. The molecule has 154 valence electrons. The molecule has 3 aromatic rings. The molecule has 0 atom stereocenters. The van der Waals surface area contributed by atoms with Crippen molar-refractivity contribution in [2.45, 2.75) is 27.4 Å². The largest absolute Gasteiger partial charge is 0.489 e. The van der Waals surface area contributed by atoms with Gasteiger partial charge in [-0.1, -0.05) is 36.4 Å². The van der Waals surface area contributed by atoms with Crippen molar-refractivity contribution in [2.75, 3.05) is 6.61 Å². The van der Waals surface area contributed by atoms with Crippen LogP contribution in [0.15, 0.2) is 71.8 Å². The second kappa shape index (κ2) is 10.3. The van der Waals surface area contributed by atoms with Crippen LogP contribution in [0.2, 0.25) is 0 Å². The molecule has 3 aromatic carbocycles. The lowest BCUT2D eigenvalue weighted by molar-refractivity contribution is -0.123. The molecule has 0 fully saturated rings. The number of rotatable bonds is 8. The highest BCUT2D eigenvalue weighted by Gasteiger charge is 2.07. The van der Waals surface area contributed by atoms with Gasteiger partial charge in [0, 0.05) is 0 Å². The predicted molar refractivity (Wildman–Crippen MR) is 119 cm³/mol. The number of hydrogen-bond donors (Lipinski definition) is 1. The highest BCUT2D eigenvalue weighted by molar-refractivity contribution is 5.83. The Labute approximate surface area is 177 Å². The van der Waals surface area contributed by atoms with Crippen LogP contribution in [0.5, 0.6) is 11.5 Å². The van der Waals surface area contributed by atoms with Crippen LogP contribution in [0, 0.1) is 20.8 Å².